The van der Waals surface area contributed by atoms with Gasteiger partial charge in [0, 0.05) is 16.7 Å². The number of hydrogen-bond donors (Lipinski definition) is 1. The van der Waals surface area contributed by atoms with Crippen LogP contribution in [0.5, 0.6) is 0 Å². The van der Waals surface area contributed by atoms with Gasteiger partial charge in [-0.15, -0.1) is 0 Å². The lowest BCUT2D eigenvalue weighted by molar-refractivity contribution is 0.694. The molecule has 3 aromatic rings. The Morgan fingerprint density at radius 3 is 2.15 bits per heavy atom. The summed E-state index contributed by atoms with van der Waals surface area (Å²) in [6, 6.07) is 23.8. The van der Waals surface area contributed by atoms with Crippen molar-refractivity contribution in [3.63, 3.8) is 0 Å². The molecule has 3 rings (SSSR count). The van der Waals surface area contributed by atoms with Crippen LogP contribution < -0.4 is 5.32 Å². The molecule has 3 aromatic carbocycles. The molecule has 0 aliphatic carbocycles. The van der Waals surface area contributed by atoms with Crippen molar-refractivity contribution in [3.8, 4) is 0 Å². The molecule has 0 bridgehead atoms. The predicted octanol–water partition coefficient (Wildman–Crippen LogP) is 4.73. The Morgan fingerprint density at radius 1 is 0.700 bits per heavy atom. The van der Waals surface area contributed by atoms with Crippen molar-refractivity contribution in [1.29, 1.82) is 0 Å². The van der Waals surface area contributed by atoms with Gasteiger partial charge in [-0.3, -0.25) is 0 Å². The van der Waals surface area contributed by atoms with Crippen LogP contribution >= 0.6 is 22.6 Å². The van der Waals surface area contributed by atoms with Crippen LogP contribution in [0.4, 0.5) is 0 Å². The molecule has 0 aromatic heterocycles. The Morgan fingerprint density at radius 2 is 1.35 bits per heavy atom. The molecule has 0 heterocycles. The smallest absolute Gasteiger partial charge is 0.0208 e. The van der Waals surface area contributed by atoms with Crippen LogP contribution in [-0.2, 0) is 13.1 Å². The summed E-state index contributed by atoms with van der Waals surface area (Å²) >= 11 is 2.33. The summed E-state index contributed by atoms with van der Waals surface area (Å²) in [5.41, 5.74) is 2.65. The Labute approximate surface area is 133 Å². The number of hydrogen-bond acceptors (Lipinski definition) is 1. The minimum Gasteiger partial charge on any atom is -0.309 e. The van der Waals surface area contributed by atoms with E-state index in [1.807, 2.05) is 0 Å². The first-order valence-corrected chi connectivity index (χ1v) is 7.82. The fraction of sp³-hybridized carbons (Fsp3) is 0.111. The third kappa shape index (κ3) is 3.38. The van der Waals surface area contributed by atoms with Gasteiger partial charge < -0.3 is 5.32 Å². The molecule has 0 spiro atoms. The van der Waals surface area contributed by atoms with Crippen LogP contribution in [-0.4, -0.2) is 0 Å². The van der Waals surface area contributed by atoms with Gasteiger partial charge in [-0.05, 0) is 62.7 Å². The van der Waals surface area contributed by atoms with Gasteiger partial charge in [-0.25, -0.2) is 0 Å². The number of rotatable bonds is 4. The monoisotopic (exact) mass is 373 g/mol. The van der Waals surface area contributed by atoms with Crippen molar-refractivity contribution in [3.05, 3.63) is 81.4 Å². The van der Waals surface area contributed by atoms with E-state index in [1.54, 1.807) is 0 Å². The summed E-state index contributed by atoms with van der Waals surface area (Å²) in [6.45, 7) is 1.81. The standard InChI is InChI=1S/C18H16IN/c19-18-9-6-14(7-10-18)12-20-13-15-5-8-16-3-1-2-4-17(16)11-15/h1-11,20H,12-13H2. The van der Waals surface area contributed by atoms with Gasteiger partial charge in [-0.2, -0.15) is 0 Å². The Bertz CT molecular complexity index is 704. The van der Waals surface area contributed by atoms with Gasteiger partial charge in [0.1, 0.15) is 0 Å². The van der Waals surface area contributed by atoms with Gasteiger partial charge >= 0.3 is 0 Å². The van der Waals surface area contributed by atoms with Crippen molar-refractivity contribution in [2.24, 2.45) is 0 Å². The lowest BCUT2D eigenvalue weighted by Crippen LogP contribution is -2.12. The quantitative estimate of drug-likeness (QED) is 0.652. The van der Waals surface area contributed by atoms with Crippen LogP contribution in [0.3, 0.4) is 0 Å². The van der Waals surface area contributed by atoms with Gasteiger partial charge in [-0.1, -0.05) is 48.5 Å². The highest BCUT2D eigenvalue weighted by Gasteiger charge is 1.97. The summed E-state index contributed by atoms with van der Waals surface area (Å²) < 4.78 is 1.28. The van der Waals surface area contributed by atoms with E-state index in [4.69, 9.17) is 0 Å². The topological polar surface area (TPSA) is 12.0 Å². The van der Waals surface area contributed by atoms with Crippen molar-refractivity contribution in [2.45, 2.75) is 13.1 Å². The second-order valence-electron chi connectivity index (χ2n) is 4.91. The summed E-state index contributed by atoms with van der Waals surface area (Å²) in [5.74, 6) is 0. The molecule has 0 aliphatic rings. The molecule has 0 saturated heterocycles. The zero-order valence-corrected chi connectivity index (χ0v) is 13.3. The highest BCUT2D eigenvalue weighted by Crippen LogP contribution is 2.15. The van der Waals surface area contributed by atoms with E-state index in [1.165, 1.54) is 25.5 Å². The molecule has 1 N–H and O–H groups in total. The fourth-order valence-corrected chi connectivity index (χ4v) is 2.66. The summed E-state index contributed by atoms with van der Waals surface area (Å²) in [5, 5.41) is 6.11. The Hall–Kier alpha value is -1.39. The van der Waals surface area contributed by atoms with E-state index < -0.39 is 0 Å². The van der Waals surface area contributed by atoms with Crippen LogP contribution in [0.15, 0.2) is 66.7 Å². The van der Waals surface area contributed by atoms with E-state index in [0.717, 1.165) is 13.1 Å². The molecule has 0 unspecified atom stereocenters. The van der Waals surface area contributed by atoms with Crippen molar-refractivity contribution >= 4 is 33.4 Å². The minimum absolute atomic E-state index is 0.900. The molecule has 20 heavy (non-hydrogen) atoms. The third-order valence-corrected chi connectivity index (χ3v) is 4.10. The maximum Gasteiger partial charge on any atom is 0.0208 e. The normalized spacial score (nSPS) is 10.8. The highest BCUT2D eigenvalue weighted by atomic mass is 127. The van der Waals surface area contributed by atoms with E-state index in [0.29, 0.717) is 0 Å². The molecule has 0 fully saturated rings. The number of fused-ring (bicyclic) bond motifs is 1. The van der Waals surface area contributed by atoms with Crippen LogP contribution in [0.25, 0.3) is 10.8 Å². The number of nitrogens with one attached hydrogen (secondary N) is 1. The fourth-order valence-electron chi connectivity index (χ4n) is 2.30. The average molecular weight is 373 g/mol. The summed E-state index contributed by atoms with van der Waals surface area (Å²) in [7, 11) is 0. The minimum atomic E-state index is 0.900. The zero-order valence-electron chi connectivity index (χ0n) is 11.1. The average Bonchev–Trinajstić information content (AvgIpc) is 2.49. The number of benzene rings is 3. The summed E-state index contributed by atoms with van der Waals surface area (Å²) in [6.07, 6.45) is 0. The first-order valence-electron chi connectivity index (χ1n) is 6.74. The van der Waals surface area contributed by atoms with Crippen LogP contribution in [0.1, 0.15) is 11.1 Å². The lowest BCUT2D eigenvalue weighted by Gasteiger charge is -2.07. The number of halogens is 1. The molecule has 0 amide bonds. The largest absolute Gasteiger partial charge is 0.309 e. The lowest BCUT2D eigenvalue weighted by atomic mass is 10.1. The third-order valence-electron chi connectivity index (χ3n) is 3.39. The molecule has 2 heteroatoms. The maximum absolute atomic E-state index is 3.50. The molecule has 100 valence electrons. The molecule has 0 saturated carbocycles. The molecular weight excluding hydrogens is 357 g/mol. The Kier molecular flexibility index (Phi) is 4.33. The molecule has 0 radical (unpaired) electrons. The second kappa shape index (κ2) is 6.37. The van der Waals surface area contributed by atoms with Crippen molar-refractivity contribution in [1.82, 2.24) is 5.32 Å². The van der Waals surface area contributed by atoms with Crippen LogP contribution in [0, 0.1) is 3.57 Å². The van der Waals surface area contributed by atoms with E-state index in [2.05, 4.69) is 94.6 Å². The van der Waals surface area contributed by atoms with E-state index in [9.17, 15) is 0 Å². The van der Waals surface area contributed by atoms with Gasteiger partial charge in [0.05, 0.1) is 0 Å². The van der Waals surface area contributed by atoms with Gasteiger partial charge in [0.15, 0.2) is 0 Å². The zero-order chi connectivity index (χ0) is 13.8. The van der Waals surface area contributed by atoms with Crippen molar-refractivity contribution < 1.29 is 0 Å². The van der Waals surface area contributed by atoms with E-state index >= 15 is 0 Å². The van der Waals surface area contributed by atoms with Gasteiger partial charge in [0.2, 0.25) is 0 Å². The molecular formula is C18H16IN. The predicted molar refractivity (Wildman–Crippen MR) is 93.7 cm³/mol. The maximum atomic E-state index is 3.50. The van der Waals surface area contributed by atoms with Crippen LogP contribution in [0.2, 0.25) is 0 Å². The van der Waals surface area contributed by atoms with Crippen molar-refractivity contribution in [2.75, 3.05) is 0 Å². The molecule has 0 atom stereocenters. The SMILES string of the molecule is Ic1ccc(CNCc2ccc3ccccc3c2)cc1. The molecule has 1 nitrogen and oxygen atoms in total. The second-order valence-corrected chi connectivity index (χ2v) is 6.16. The Balaban J connectivity index is 1.63. The highest BCUT2D eigenvalue weighted by molar-refractivity contribution is 14.1. The molecule has 0 aliphatic heterocycles. The van der Waals surface area contributed by atoms with E-state index in [-0.39, 0.29) is 0 Å². The summed E-state index contributed by atoms with van der Waals surface area (Å²) in [4.78, 5) is 0. The van der Waals surface area contributed by atoms with Gasteiger partial charge in [0.25, 0.3) is 0 Å². The first kappa shape index (κ1) is 13.6. The first-order chi connectivity index (χ1) is 9.81.